The van der Waals surface area contributed by atoms with Crippen LogP contribution in [0.1, 0.15) is 0 Å². The van der Waals surface area contributed by atoms with Crippen LogP contribution < -0.4 is 15.0 Å². The van der Waals surface area contributed by atoms with Crippen molar-refractivity contribution in [1.82, 2.24) is 4.98 Å². The average molecular weight is 363 g/mol. The minimum atomic E-state index is -0.689. The number of hydrogen-bond acceptors (Lipinski definition) is 6. The first-order valence-corrected chi connectivity index (χ1v) is 7.46. The van der Waals surface area contributed by atoms with Gasteiger partial charge in [-0.15, -0.1) is 0 Å². The summed E-state index contributed by atoms with van der Waals surface area (Å²) in [6.07, 6.45) is 0. The van der Waals surface area contributed by atoms with Gasteiger partial charge in [-0.1, -0.05) is 11.6 Å². The molecule has 0 saturated carbocycles. The first kappa shape index (κ1) is 16.7. The lowest BCUT2D eigenvalue weighted by atomic mass is 10.3. The number of fused-ring (bicyclic) bond motifs is 1. The molecule has 0 fully saturated rings. The molecule has 0 saturated heterocycles. The van der Waals surface area contributed by atoms with E-state index in [0.29, 0.717) is 10.7 Å². The van der Waals surface area contributed by atoms with Crippen molar-refractivity contribution in [3.8, 4) is 5.75 Å². The van der Waals surface area contributed by atoms with E-state index in [1.807, 2.05) is 0 Å². The summed E-state index contributed by atoms with van der Waals surface area (Å²) in [5.74, 6) is -1.31. The summed E-state index contributed by atoms with van der Waals surface area (Å²) in [5, 5.41) is 14.0. The smallest absolute Gasteiger partial charge is 0.366 e. The molecule has 3 rings (SSSR count). The van der Waals surface area contributed by atoms with E-state index in [2.05, 4.69) is 10.3 Å². The standard InChI is InChI=1S/C15H11ClN4O5/c16-9-1-3-10(4-2-9)17-13(21)7-19-14(22)8-25-11-5-6-12(20(23)24)18-15(11)19/h1-6H,7-8H2,(H,17,21). The zero-order chi connectivity index (χ0) is 18.0. The van der Waals surface area contributed by atoms with E-state index in [0.717, 1.165) is 4.90 Å². The van der Waals surface area contributed by atoms with Crippen LogP contribution in [-0.4, -0.2) is 34.9 Å². The first-order valence-electron chi connectivity index (χ1n) is 7.08. The van der Waals surface area contributed by atoms with Gasteiger partial charge < -0.3 is 20.2 Å². The zero-order valence-electron chi connectivity index (χ0n) is 12.6. The SMILES string of the molecule is O=C(CN1C(=O)COc2ccc([N+](=O)[O-])nc21)Nc1ccc(Cl)cc1. The molecule has 0 unspecified atom stereocenters. The van der Waals surface area contributed by atoms with Gasteiger partial charge in [-0.3, -0.25) is 14.5 Å². The fraction of sp³-hybridized carbons (Fsp3) is 0.133. The molecule has 2 amide bonds. The molecule has 25 heavy (non-hydrogen) atoms. The number of ether oxygens (including phenoxy) is 1. The predicted molar refractivity (Wildman–Crippen MR) is 88.8 cm³/mol. The van der Waals surface area contributed by atoms with Crippen molar-refractivity contribution in [3.63, 3.8) is 0 Å². The number of nitrogens with one attached hydrogen (secondary N) is 1. The van der Waals surface area contributed by atoms with Gasteiger partial charge >= 0.3 is 5.82 Å². The van der Waals surface area contributed by atoms with Crippen LogP contribution in [0.25, 0.3) is 0 Å². The molecule has 1 aromatic heterocycles. The highest BCUT2D eigenvalue weighted by Gasteiger charge is 2.33. The van der Waals surface area contributed by atoms with Crippen LogP contribution in [-0.2, 0) is 9.59 Å². The molecule has 0 bridgehead atoms. The Morgan fingerprint density at radius 1 is 1.32 bits per heavy atom. The Bertz CT molecular complexity index is 856. The van der Waals surface area contributed by atoms with Crippen molar-refractivity contribution in [1.29, 1.82) is 0 Å². The van der Waals surface area contributed by atoms with Crippen LogP contribution in [0.2, 0.25) is 5.02 Å². The molecule has 1 aliphatic heterocycles. The number of benzene rings is 1. The number of rotatable bonds is 4. The number of carbonyl (C=O) groups excluding carboxylic acids is 2. The van der Waals surface area contributed by atoms with Crippen molar-refractivity contribution in [2.75, 3.05) is 23.4 Å². The molecule has 9 nitrogen and oxygen atoms in total. The molecule has 0 radical (unpaired) electrons. The Morgan fingerprint density at radius 2 is 2.04 bits per heavy atom. The zero-order valence-corrected chi connectivity index (χ0v) is 13.4. The Morgan fingerprint density at radius 3 is 2.72 bits per heavy atom. The van der Waals surface area contributed by atoms with Gasteiger partial charge in [-0.2, -0.15) is 0 Å². The fourth-order valence-corrected chi connectivity index (χ4v) is 2.34. The quantitative estimate of drug-likeness (QED) is 0.657. The number of anilines is 2. The Hall–Kier alpha value is -3.20. The molecule has 0 spiro atoms. The van der Waals surface area contributed by atoms with Crippen LogP contribution in [0, 0.1) is 10.1 Å². The van der Waals surface area contributed by atoms with Crippen molar-refractivity contribution >= 4 is 40.7 Å². The molecule has 1 aromatic carbocycles. The molecular formula is C15H11ClN4O5. The lowest BCUT2D eigenvalue weighted by Gasteiger charge is -2.24. The highest BCUT2D eigenvalue weighted by molar-refractivity contribution is 6.30. The van der Waals surface area contributed by atoms with Crippen molar-refractivity contribution in [2.24, 2.45) is 0 Å². The lowest BCUT2D eigenvalue weighted by molar-refractivity contribution is -0.389. The number of carbonyl (C=O) groups is 2. The van der Waals surface area contributed by atoms with Gasteiger partial charge in [0.25, 0.3) is 11.7 Å². The molecule has 2 aromatic rings. The minimum absolute atomic E-state index is 0.0586. The lowest BCUT2D eigenvalue weighted by Crippen LogP contribution is -2.44. The average Bonchev–Trinajstić information content (AvgIpc) is 2.59. The monoisotopic (exact) mass is 362 g/mol. The largest absolute Gasteiger partial charge is 0.477 e. The fourth-order valence-electron chi connectivity index (χ4n) is 2.21. The first-order chi connectivity index (χ1) is 11.9. The number of amides is 2. The van der Waals surface area contributed by atoms with E-state index in [4.69, 9.17) is 16.3 Å². The summed E-state index contributed by atoms with van der Waals surface area (Å²) in [4.78, 5) is 39.3. The molecule has 10 heteroatoms. The molecular weight excluding hydrogens is 352 g/mol. The summed E-state index contributed by atoms with van der Waals surface area (Å²) in [6.45, 7) is -0.632. The predicted octanol–water partition coefficient (Wildman–Crippen LogP) is 2.01. The molecule has 1 N–H and O–H groups in total. The van der Waals surface area contributed by atoms with Gasteiger partial charge in [0.15, 0.2) is 12.4 Å². The van der Waals surface area contributed by atoms with Crippen molar-refractivity contribution < 1.29 is 19.2 Å². The van der Waals surface area contributed by atoms with Crippen LogP contribution >= 0.6 is 11.6 Å². The van der Waals surface area contributed by atoms with Gasteiger partial charge in [0.1, 0.15) is 6.54 Å². The second-order valence-electron chi connectivity index (χ2n) is 5.07. The van der Waals surface area contributed by atoms with E-state index >= 15 is 0 Å². The summed E-state index contributed by atoms with van der Waals surface area (Å²) in [5.41, 5.74) is 0.502. The Kier molecular flexibility index (Phi) is 4.48. The maximum Gasteiger partial charge on any atom is 0.366 e. The Labute approximate surface area is 146 Å². The highest BCUT2D eigenvalue weighted by atomic mass is 35.5. The third-order valence-electron chi connectivity index (χ3n) is 3.35. The number of pyridine rings is 1. The maximum absolute atomic E-state index is 12.2. The van der Waals surface area contributed by atoms with E-state index < -0.39 is 22.6 Å². The van der Waals surface area contributed by atoms with Crippen molar-refractivity contribution in [3.05, 3.63) is 51.5 Å². The molecule has 1 aliphatic rings. The second-order valence-corrected chi connectivity index (χ2v) is 5.51. The van der Waals surface area contributed by atoms with Crippen LogP contribution in [0.4, 0.5) is 17.3 Å². The normalized spacial score (nSPS) is 13.0. The third-order valence-corrected chi connectivity index (χ3v) is 3.60. The summed E-state index contributed by atoms with van der Waals surface area (Å²) >= 11 is 5.78. The highest BCUT2D eigenvalue weighted by Crippen LogP contribution is 2.31. The number of aromatic nitrogens is 1. The number of nitrogens with zero attached hydrogens (tertiary/aromatic N) is 3. The van der Waals surface area contributed by atoms with Gasteiger partial charge in [0.05, 0.1) is 0 Å². The second kappa shape index (κ2) is 6.73. The molecule has 2 heterocycles. The summed E-state index contributed by atoms with van der Waals surface area (Å²) in [6, 6.07) is 8.95. The molecule has 0 aliphatic carbocycles. The number of halogens is 1. The van der Waals surface area contributed by atoms with Gasteiger partial charge in [0, 0.05) is 16.8 Å². The summed E-state index contributed by atoms with van der Waals surface area (Å²) < 4.78 is 5.19. The van der Waals surface area contributed by atoms with Crippen LogP contribution in [0.3, 0.4) is 0 Å². The third kappa shape index (κ3) is 3.66. The van der Waals surface area contributed by atoms with E-state index in [1.54, 1.807) is 24.3 Å². The minimum Gasteiger partial charge on any atom is -0.477 e. The molecule has 0 atom stereocenters. The summed E-state index contributed by atoms with van der Waals surface area (Å²) in [7, 11) is 0. The molecule has 128 valence electrons. The van der Waals surface area contributed by atoms with Crippen LogP contribution in [0.5, 0.6) is 5.75 Å². The number of hydrogen-bond donors (Lipinski definition) is 1. The van der Waals surface area contributed by atoms with E-state index in [9.17, 15) is 19.7 Å². The van der Waals surface area contributed by atoms with E-state index in [-0.39, 0.29) is 24.7 Å². The Balaban J connectivity index is 1.81. The van der Waals surface area contributed by atoms with Crippen LogP contribution in [0.15, 0.2) is 36.4 Å². The van der Waals surface area contributed by atoms with E-state index in [1.165, 1.54) is 12.1 Å². The van der Waals surface area contributed by atoms with Gasteiger partial charge in [-0.05, 0) is 40.2 Å². The van der Waals surface area contributed by atoms with Crippen molar-refractivity contribution in [2.45, 2.75) is 0 Å². The topological polar surface area (TPSA) is 115 Å². The maximum atomic E-state index is 12.2. The van der Waals surface area contributed by atoms with Gasteiger partial charge in [-0.25, -0.2) is 0 Å². The number of nitro groups is 1. The van der Waals surface area contributed by atoms with Gasteiger partial charge in [0.2, 0.25) is 5.91 Å².